The van der Waals surface area contributed by atoms with Crippen LogP contribution in [0, 0.1) is 0 Å². The molecular weight excluding hydrogens is 210 g/mol. The van der Waals surface area contributed by atoms with Gasteiger partial charge in [0.25, 0.3) is 0 Å². The number of ether oxygens (including phenoxy) is 2. The van der Waals surface area contributed by atoms with Crippen LogP contribution < -0.4 is 15.2 Å². The summed E-state index contributed by atoms with van der Waals surface area (Å²) in [5.74, 6) is 0.371. The SMILES string of the molecule is COc1cc(OC)c(C(=O)CCN)cc1O. The first-order valence-corrected chi connectivity index (χ1v) is 4.82. The summed E-state index contributed by atoms with van der Waals surface area (Å²) in [4.78, 5) is 11.7. The number of carbonyl (C=O) groups excluding carboxylic acids is 1. The Bertz CT molecular complexity index is 390. The van der Waals surface area contributed by atoms with Crippen molar-refractivity contribution in [2.24, 2.45) is 5.73 Å². The summed E-state index contributed by atoms with van der Waals surface area (Å²) in [6, 6.07) is 2.80. The monoisotopic (exact) mass is 225 g/mol. The number of methoxy groups -OCH3 is 2. The largest absolute Gasteiger partial charge is 0.504 e. The van der Waals surface area contributed by atoms with Gasteiger partial charge in [0.15, 0.2) is 17.3 Å². The van der Waals surface area contributed by atoms with Gasteiger partial charge < -0.3 is 20.3 Å². The van der Waals surface area contributed by atoms with Gasteiger partial charge in [0.05, 0.1) is 19.8 Å². The fraction of sp³-hybridized carbons (Fsp3) is 0.364. The molecule has 1 aromatic rings. The zero-order valence-electron chi connectivity index (χ0n) is 9.32. The lowest BCUT2D eigenvalue weighted by atomic mass is 10.1. The third-order valence-electron chi connectivity index (χ3n) is 2.17. The lowest BCUT2D eigenvalue weighted by Gasteiger charge is -2.10. The highest BCUT2D eigenvalue weighted by molar-refractivity contribution is 5.99. The van der Waals surface area contributed by atoms with E-state index in [1.807, 2.05) is 0 Å². The quantitative estimate of drug-likeness (QED) is 0.729. The van der Waals surface area contributed by atoms with Crippen molar-refractivity contribution in [2.75, 3.05) is 20.8 Å². The van der Waals surface area contributed by atoms with Gasteiger partial charge in [-0.05, 0) is 12.6 Å². The summed E-state index contributed by atoms with van der Waals surface area (Å²) in [5.41, 5.74) is 5.61. The molecule has 3 N–H and O–H groups in total. The number of phenolic OH excluding ortho intramolecular Hbond substituents is 1. The zero-order chi connectivity index (χ0) is 12.1. The van der Waals surface area contributed by atoms with E-state index < -0.39 is 0 Å². The third-order valence-corrected chi connectivity index (χ3v) is 2.17. The molecule has 16 heavy (non-hydrogen) atoms. The summed E-state index contributed by atoms with van der Waals surface area (Å²) in [7, 11) is 2.88. The summed E-state index contributed by atoms with van der Waals surface area (Å²) >= 11 is 0. The Morgan fingerprint density at radius 1 is 1.31 bits per heavy atom. The van der Waals surface area contributed by atoms with E-state index in [2.05, 4.69) is 0 Å². The normalized spacial score (nSPS) is 9.94. The number of carbonyl (C=O) groups is 1. The van der Waals surface area contributed by atoms with Crippen molar-refractivity contribution in [1.82, 2.24) is 0 Å². The highest BCUT2D eigenvalue weighted by Crippen LogP contribution is 2.34. The molecule has 1 aromatic carbocycles. The molecule has 5 nitrogen and oxygen atoms in total. The number of hydrogen-bond donors (Lipinski definition) is 2. The minimum absolute atomic E-state index is 0.0938. The number of ketones is 1. The smallest absolute Gasteiger partial charge is 0.167 e. The van der Waals surface area contributed by atoms with Crippen LogP contribution in [0.3, 0.4) is 0 Å². The second-order valence-corrected chi connectivity index (χ2v) is 3.19. The van der Waals surface area contributed by atoms with Crippen LogP contribution in [0.15, 0.2) is 12.1 Å². The molecular formula is C11H15NO4. The predicted octanol–water partition coefficient (Wildman–Crippen LogP) is 0.941. The van der Waals surface area contributed by atoms with Crippen molar-refractivity contribution in [3.05, 3.63) is 17.7 Å². The molecule has 0 spiro atoms. The van der Waals surface area contributed by atoms with E-state index in [1.165, 1.54) is 26.4 Å². The first kappa shape index (κ1) is 12.3. The van der Waals surface area contributed by atoms with Gasteiger partial charge in [0, 0.05) is 12.5 Å². The molecule has 0 saturated carbocycles. The second-order valence-electron chi connectivity index (χ2n) is 3.19. The summed E-state index contributed by atoms with van der Waals surface area (Å²) < 4.78 is 9.97. The minimum atomic E-state index is -0.169. The summed E-state index contributed by atoms with van der Waals surface area (Å²) in [5, 5.41) is 9.56. The topological polar surface area (TPSA) is 81.8 Å². The average molecular weight is 225 g/mol. The van der Waals surface area contributed by atoms with E-state index in [9.17, 15) is 9.90 Å². The van der Waals surface area contributed by atoms with Crippen LogP contribution in [-0.4, -0.2) is 31.7 Å². The van der Waals surface area contributed by atoms with E-state index in [4.69, 9.17) is 15.2 Å². The van der Waals surface area contributed by atoms with Crippen LogP contribution in [0.25, 0.3) is 0 Å². The molecule has 0 aliphatic heterocycles. The predicted molar refractivity (Wildman–Crippen MR) is 59.2 cm³/mol. The fourth-order valence-corrected chi connectivity index (χ4v) is 1.37. The molecule has 0 bridgehead atoms. The van der Waals surface area contributed by atoms with Gasteiger partial charge in [-0.15, -0.1) is 0 Å². The van der Waals surface area contributed by atoms with Crippen LogP contribution in [-0.2, 0) is 0 Å². The van der Waals surface area contributed by atoms with Gasteiger partial charge >= 0.3 is 0 Å². The Hall–Kier alpha value is -1.75. The molecule has 1 rings (SSSR count). The number of phenols is 1. The maximum Gasteiger partial charge on any atom is 0.167 e. The Kier molecular flexibility index (Phi) is 4.13. The van der Waals surface area contributed by atoms with Crippen molar-refractivity contribution in [3.8, 4) is 17.2 Å². The van der Waals surface area contributed by atoms with Crippen LogP contribution in [0.2, 0.25) is 0 Å². The molecule has 0 amide bonds. The first-order chi connectivity index (χ1) is 7.63. The molecule has 0 heterocycles. The van der Waals surface area contributed by atoms with Crippen molar-refractivity contribution in [3.63, 3.8) is 0 Å². The standard InChI is InChI=1S/C11H15NO4/c1-15-10-6-11(16-2)9(14)5-7(10)8(13)3-4-12/h5-6,14H,3-4,12H2,1-2H3. The van der Waals surface area contributed by atoms with Gasteiger partial charge in [-0.25, -0.2) is 0 Å². The van der Waals surface area contributed by atoms with E-state index in [0.717, 1.165) is 0 Å². The second kappa shape index (κ2) is 5.37. The van der Waals surface area contributed by atoms with Gasteiger partial charge in [-0.3, -0.25) is 4.79 Å². The highest BCUT2D eigenvalue weighted by atomic mass is 16.5. The molecule has 0 unspecified atom stereocenters. The fourth-order valence-electron chi connectivity index (χ4n) is 1.37. The molecule has 0 aromatic heterocycles. The molecule has 0 radical (unpaired) electrons. The third kappa shape index (κ3) is 2.43. The molecule has 88 valence electrons. The van der Waals surface area contributed by atoms with E-state index in [-0.39, 0.29) is 30.2 Å². The van der Waals surface area contributed by atoms with Crippen molar-refractivity contribution < 1.29 is 19.4 Å². The average Bonchev–Trinajstić information content (AvgIpc) is 2.29. The number of benzene rings is 1. The molecule has 0 fully saturated rings. The lowest BCUT2D eigenvalue weighted by molar-refractivity contribution is 0.0982. The Labute approximate surface area is 93.8 Å². The van der Waals surface area contributed by atoms with E-state index in [1.54, 1.807) is 0 Å². The van der Waals surface area contributed by atoms with E-state index >= 15 is 0 Å². The molecule has 0 aliphatic rings. The van der Waals surface area contributed by atoms with Crippen molar-refractivity contribution in [1.29, 1.82) is 0 Å². The van der Waals surface area contributed by atoms with Crippen molar-refractivity contribution in [2.45, 2.75) is 6.42 Å². The van der Waals surface area contributed by atoms with Crippen LogP contribution in [0.4, 0.5) is 0 Å². The maximum absolute atomic E-state index is 11.7. The summed E-state index contributed by atoms with van der Waals surface area (Å²) in [6.45, 7) is 0.259. The van der Waals surface area contributed by atoms with Crippen LogP contribution in [0.5, 0.6) is 17.2 Å². The van der Waals surface area contributed by atoms with E-state index in [0.29, 0.717) is 11.3 Å². The Balaban J connectivity index is 3.17. The van der Waals surface area contributed by atoms with Gasteiger partial charge in [0.2, 0.25) is 0 Å². The van der Waals surface area contributed by atoms with Crippen molar-refractivity contribution >= 4 is 5.78 Å². The number of aromatic hydroxyl groups is 1. The minimum Gasteiger partial charge on any atom is -0.504 e. The maximum atomic E-state index is 11.7. The first-order valence-electron chi connectivity index (χ1n) is 4.82. The molecule has 0 atom stereocenters. The van der Waals surface area contributed by atoms with Gasteiger partial charge in [-0.2, -0.15) is 0 Å². The lowest BCUT2D eigenvalue weighted by Crippen LogP contribution is -2.09. The molecule has 0 saturated heterocycles. The number of Topliss-reactive ketones (excluding diaryl/α,β-unsaturated/α-hetero) is 1. The van der Waals surface area contributed by atoms with Gasteiger partial charge in [0.1, 0.15) is 5.75 Å². The molecule has 5 heteroatoms. The number of nitrogens with two attached hydrogens (primary N) is 1. The highest BCUT2D eigenvalue weighted by Gasteiger charge is 2.15. The van der Waals surface area contributed by atoms with Crippen LogP contribution in [0.1, 0.15) is 16.8 Å². The number of rotatable bonds is 5. The number of hydrogen-bond acceptors (Lipinski definition) is 5. The van der Waals surface area contributed by atoms with Crippen LogP contribution >= 0.6 is 0 Å². The van der Waals surface area contributed by atoms with Gasteiger partial charge in [-0.1, -0.05) is 0 Å². The summed E-state index contributed by atoms with van der Waals surface area (Å²) in [6.07, 6.45) is 0.210. The zero-order valence-corrected chi connectivity index (χ0v) is 9.32. The Morgan fingerprint density at radius 3 is 2.44 bits per heavy atom. The molecule has 0 aliphatic carbocycles. The Morgan fingerprint density at radius 2 is 1.94 bits per heavy atom.